The fourth-order valence-electron chi connectivity index (χ4n) is 5.16. The van der Waals surface area contributed by atoms with Gasteiger partial charge in [-0.3, -0.25) is 4.98 Å². The van der Waals surface area contributed by atoms with Gasteiger partial charge in [-0.1, -0.05) is 51.9 Å². The predicted octanol–water partition coefficient (Wildman–Crippen LogP) is 6.33. The fourth-order valence-corrected chi connectivity index (χ4v) is 5.16. The van der Waals surface area contributed by atoms with Crippen molar-refractivity contribution in [3.8, 4) is 5.75 Å². The molecule has 1 aromatic heterocycles. The molecule has 2 heteroatoms. The second kappa shape index (κ2) is 8.36. The van der Waals surface area contributed by atoms with Crippen LogP contribution in [0.2, 0.25) is 0 Å². The minimum Gasteiger partial charge on any atom is -0.491 e. The van der Waals surface area contributed by atoms with Gasteiger partial charge in [0.25, 0.3) is 0 Å². The van der Waals surface area contributed by atoms with Crippen molar-refractivity contribution in [3.05, 3.63) is 24.0 Å². The SMILES string of the molecule is CCCC1CCC(C2(COc3ccc(C)nc3)CCCCC2)CC1. The van der Waals surface area contributed by atoms with Crippen LogP contribution in [0.3, 0.4) is 0 Å². The van der Waals surface area contributed by atoms with Crippen molar-refractivity contribution < 1.29 is 4.74 Å². The van der Waals surface area contributed by atoms with Crippen molar-refractivity contribution in [2.24, 2.45) is 17.3 Å². The molecule has 0 N–H and O–H groups in total. The third-order valence-corrected chi connectivity index (χ3v) is 6.67. The normalized spacial score (nSPS) is 26.9. The average molecular weight is 330 g/mol. The first-order chi connectivity index (χ1) is 11.7. The lowest BCUT2D eigenvalue weighted by Crippen LogP contribution is -2.40. The second-order valence-corrected chi connectivity index (χ2v) is 8.35. The molecule has 1 aromatic rings. The third-order valence-electron chi connectivity index (χ3n) is 6.67. The van der Waals surface area contributed by atoms with Gasteiger partial charge in [0.15, 0.2) is 0 Å². The van der Waals surface area contributed by atoms with Gasteiger partial charge in [0.05, 0.1) is 12.8 Å². The van der Waals surface area contributed by atoms with Crippen LogP contribution in [0.15, 0.2) is 18.3 Å². The maximum absolute atomic E-state index is 6.27. The van der Waals surface area contributed by atoms with Crippen LogP contribution in [0.4, 0.5) is 0 Å². The lowest BCUT2D eigenvalue weighted by atomic mass is 9.61. The van der Waals surface area contributed by atoms with Crippen LogP contribution >= 0.6 is 0 Å². The van der Waals surface area contributed by atoms with Crippen molar-refractivity contribution >= 4 is 0 Å². The van der Waals surface area contributed by atoms with Gasteiger partial charge in [0, 0.05) is 11.1 Å². The first-order valence-corrected chi connectivity index (χ1v) is 10.3. The van der Waals surface area contributed by atoms with Crippen LogP contribution in [-0.4, -0.2) is 11.6 Å². The summed E-state index contributed by atoms with van der Waals surface area (Å²) in [7, 11) is 0. The van der Waals surface area contributed by atoms with E-state index in [0.29, 0.717) is 5.41 Å². The Bertz CT molecular complexity index is 481. The molecular weight excluding hydrogens is 294 g/mol. The average Bonchev–Trinajstić information content (AvgIpc) is 2.63. The molecule has 0 atom stereocenters. The van der Waals surface area contributed by atoms with Gasteiger partial charge in [-0.05, 0) is 56.6 Å². The van der Waals surface area contributed by atoms with Crippen molar-refractivity contribution in [3.63, 3.8) is 0 Å². The molecule has 0 unspecified atom stereocenters. The van der Waals surface area contributed by atoms with Crippen molar-refractivity contribution in [2.45, 2.75) is 84.5 Å². The highest BCUT2D eigenvalue weighted by Gasteiger charge is 2.41. The van der Waals surface area contributed by atoms with E-state index in [2.05, 4.69) is 24.0 Å². The van der Waals surface area contributed by atoms with Crippen molar-refractivity contribution in [1.29, 1.82) is 0 Å². The van der Waals surface area contributed by atoms with Gasteiger partial charge in [-0.2, -0.15) is 0 Å². The molecule has 2 saturated carbocycles. The summed E-state index contributed by atoms with van der Waals surface area (Å²) in [4.78, 5) is 4.38. The Morgan fingerprint density at radius 2 is 1.83 bits per heavy atom. The van der Waals surface area contributed by atoms with Crippen LogP contribution in [0, 0.1) is 24.2 Å². The van der Waals surface area contributed by atoms with Crippen LogP contribution in [0.25, 0.3) is 0 Å². The summed E-state index contributed by atoms with van der Waals surface area (Å²) in [5, 5.41) is 0. The van der Waals surface area contributed by atoms with E-state index in [1.165, 1.54) is 70.6 Å². The molecule has 1 heterocycles. The minimum atomic E-state index is 0.431. The van der Waals surface area contributed by atoms with Crippen LogP contribution in [-0.2, 0) is 0 Å². The Labute approximate surface area is 148 Å². The van der Waals surface area contributed by atoms with E-state index in [1.807, 2.05) is 13.1 Å². The van der Waals surface area contributed by atoms with Crippen molar-refractivity contribution in [1.82, 2.24) is 4.98 Å². The molecule has 0 aromatic carbocycles. The van der Waals surface area contributed by atoms with Crippen LogP contribution in [0.5, 0.6) is 5.75 Å². The molecule has 134 valence electrons. The van der Waals surface area contributed by atoms with Gasteiger partial charge in [0.2, 0.25) is 0 Å². The monoisotopic (exact) mass is 329 g/mol. The summed E-state index contributed by atoms with van der Waals surface area (Å²) in [5.41, 5.74) is 1.49. The summed E-state index contributed by atoms with van der Waals surface area (Å²) in [6, 6.07) is 4.13. The first-order valence-electron chi connectivity index (χ1n) is 10.3. The molecule has 2 nitrogen and oxygen atoms in total. The standard InChI is InChI=1S/C22H35NO/c1-3-7-19-9-11-20(12-10-19)22(14-5-4-6-15-22)17-24-21-13-8-18(2)23-16-21/h8,13,16,19-20H,3-7,9-12,14-15,17H2,1-2H3. The molecular formula is C22H35NO. The van der Waals surface area contributed by atoms with Gasteiger partial charge in [-0.25, -0.2) is 0 Å². The number of ether oxygens (including phenoxy) is 1. The molecule has 0 amide bonds. The molecule has 2 fully saturated rings. The van der Waals surface area contributed by atoms with Gasteiger partial charge in [0.1, 0.15) is 5.75 Å². The molecule has 0 radical (unpaired) electrons. The fraction of sp³-hybridized carbons (Fsp3) is 0.773. The zero-order chi connectivity index (χ0) is 16.8. The van der Waals surface area contributed by atoms with E-state index >= 15 is 0 Å². The number of rotatable bonds is 6. The highest BCUT2D eigenvalue weighted by atomic mass is 16.5. The first kappa shape index (κ1) is 17.8. The third kappa shape index (κ3) is 4.32. The second-order valence-electron chi connectivity index (χ2n) is 8.35. The number of aryl methyl sites for hydroxylation is 1. The molecule has 0 bridgehead atoms. The minimum absolute atomic E-state index is 0.431. The zero-order valence-corrected chi connectivity index (χ0v) is 15.7. The zero-order valence-electron chi connectivity index (χ0n) is 15.7. The topological polar surface area (TPSA) is 22.1 Å². The Morgan fingerprint density at radius 3 is 2.46 bits per heavy atom. The highest BCUT2D eigenvalue weighted by Crippen LogP contribution is 2.49. The molecule has 0 spiro atoms. The van der Waals surface area contributed by atoms with Crippen LogP contribution < -0.4 is 4.74 Å². The van der Waals surface area contributed by atoms with E-state index in [0.717, 1.165) is 29.9 Å². The molecule has 0 aliphatic heterocycles. The summed E-state index contributed by atoms with van der Waals surface area (Å²) >= 11 is 0. The highest BCUT2D eigenvalue weighted by molar-refractivity contribution is 5.19. The number of hydrogen-bond acceptors (Lipinski definition) is 2. The predicted molar refractivity (Wildman–Crippen MR) is 100 cm³/mol. The van der Waals surface area contributed by atoms with Gasteiger partial charge in [-0.15, -0.1) is 0 Å². The number of hydrogen-bond donors (Lipinski definition) is 0. The quantitative estimate of drug-likeness (QED) is 0.608. The maximum Gasteiger partial charge on any atom is 0.137 e. The lowest BCUT2D eigenvalue weighted by Gasteiger charge is -2.46. The summed E-state index contributed by atoms with van der Waals surface area (Å²) in [6.45, 7) is 5.26. The van der Waals surface area contributed by atoms with E-state index in [-0.39, 0.29) is 0 Å². The van der Waals surface area contributed by atoms with E-state index in [9.17, 15) is 0 Å². The summed E-state index contributed by atoms with van der Waals surface area (Å²) in [6.07, 6.45) is 17.4. The summed E-state index contributed by atoms with van der Waals surface area (Å²) in [5.74, 6) is 2.82. The van der Waals surface area contributed by atoms with E-state index in [4.69, 9.17) is 4.74 Å². The molecule has 2 aliphatic rings. The Balaban J connectivity index is 1.63. The Hall–Kier alpha value is -1.05. The lowest BCUT2D eigenvalue weighted by molar-refractivity contribution is 0.00823. The van der Waals surface area contributed by atoms with Crippen LogP contribution in [0.1, 0.15) is 83.2 Å². The van der Waals surface area contributed by atoms with Gasteiger partial charge >= 0.3 is 0 Å². The maximum atomic E-state index is 6.27. The number of pyridine rings is 1. The smallest absolute Gasteiger partial charge is 0.137 e. The van der Waals surface area contributed by atoms with Crippen molar-refractivity contribution in [2.75, 3.05) is 6.61 Å². The van der Waals surface area contributed by atoms with Gasteiger partial charge < -0.3 is 4.74 Å². The van der Waals surface area contributed by atoms with E-state index in [1.54, 1.807) is 0 Å². The Kier molecular flexibility index (Phi) is 6.19. The molecule has 2 aliphatic carbocycles. The molecule has 3 rings (SSSR count). The summed E-state index contributed by atoms with van der Waals surface area (Å²) < 4.78 is 6.27. The largest absolute Gasteiger partial charge is 0.491 e. The Morgan fingerprint density at radius 1 is 1.08 bits per heavy atom. The number of nitrogens with zero attached hydrogens (tertiary/aromatic N) is 1. The molecule has 0 saturated heterocycles. The molecule has 24 heavy (non-hydrogen) atoms. The number of aromatic nitrogens is 1. The van der Waals surface area contributed by atoms with E-state index < -0.39 is 0 Å².